The first-order valence-corrected chi connectivity index (χ1v) is 12.2. The van der Waals surface area contributed by atoms with Gasteiger partial charge in [0.05, 0.1) is 37.5 Å². The maximum atomic E-state index is 11.2. The SMILES string of the molecule is CC(=O)NC1C(O)C(O)C(CO)OC1C(C)(C)C.CC(=O)N[C@H]1C(C(C)(C)C)O[C@H](CO)[C@H](O)[C@@H]1O. The molecule has 6 unspecified atom stereocenters. The zero-order valence-corrected chi connectivity index (χ0v) is 22.5. The second kappa shape index (κ2) is 12.9. The van der Waals surface area contributed by atoms with Gasteiger partial charge in [-0.3, -0.25) is 9.59 Å². The van der Waals surface area contributed by atoms with Gasteiger partial charge in [0.2, 0.25) is 11.8 Å². The molecule has 0 aromatic carbocycles. The molecule has 12 nitrogen and oxygen atoms in total. The number of nitrogens with one attached hydrogen (secondary N) is 2. The quantitative estimate of drug-likeness (QED) is 0.205. The molecular formula is C24H46N2O10. The van der Waals surface area contributed by atoms with Crippen molar-refractivity contribution in [1.82, 2.24) is 10.6 Å². The Morgan fingerprint density at radius 3 is 1.11 bits per heavy atom. The zero-order chi connectivity index (χ0) is 28.2. The highest BCUT2D eigenvalue weighted by molar-refractivity contribution is 5.73. The number of aliphatic hydroxyl groups is 6. The van der Waals surface area contributed by atoms with E-state index in [2.05, 4.69) is 10.6 Å². The van der Waals surface area contributed by atoms with Crippen molar-refractivity contribution in [1.29, 1.82) is 0 Å². The highest BCUT2D eigenvalue weighted by Crippen LogP contribution is 2.34. The smallest absolute Gasteiger partial charge is 0.217 e. The lowest BCUT2D eigenvalue weighted by molar-refractivity contribution is -0.216. The van der Waals surface area contributed by atoms with Crippen LogP contribution < -0.4 is 10.6 Å². The Bertz CT molecular complexity index is 663. The van der Waals surface area contributed by atoms with E-state index in [0.717, 1.165) is 0 Å². The van der Waals surface area contributed by atoms with Crippen molar-refractivity contribution in [3.05, 3.63) is 0 Å². The third kappa shape index (κ3) is 8.32. The van der Waals surface area contributed by atoms with Gasteiger partial charge >= 0.3 is 0 Å². The topological polar surface area (TPSA) is 198 Å². The number of amides is 2. The van der Waals surface area contributed by atoms with Gasteiger partial charge in [-0.25, -0.2) is 0 Å². The van der Waals surface area contributed by atoms with Crippen LogP contribution in [0.5, 0.6) is 0 Å². The lowest BCUT2D eigenvalue weighted by Crippen LogP contribution is -2.66. The molecule has 2 rings (SSSR count). The molecule has 2 aliphatic rings. The van der Waals surface area contributed by atoms with Crippen LogP contribution in [0.1, 0.15) is 55.4 Å². The second-order valence-corrected chi connectivity index (χ2v) is 11.7. The Balaban J connectivity index is 0.000000360. The van der Waals surface area contributed by atoms with Gasteiger partial charge in [-0.2, -0.15) is 0 Å². The normalized spacial score (nSPS) is 37.4. The van der Waals surface area contributed by atoms with Crippen molar-refractivity contribution in [2.45, 2.75) is 116 Å². The van der Waals surface area contributed by atoms with Crippen molar-refractivity contribution < 1.29 is 49.7 Å². The molecule has 8 N–H and O–H groups in total. The van der Waals surface area contributed by atoms with Gasteiger partial charge in [0.25, 0.3) is 0 Å². The number of hydrogen-bond acceptors (Lipinski definition) is 10. The van der Waals surface area contributed by atoms with Crippen molar-refractivity contribution >= 4 is 11.8 Å². The molecule has 2 heterocycles. The Kier molecular flexibility index (Phi) is 11.7. The molecule has 0 aromatic rings. The molecule has 0 aliphatic carbocycles. The van der Waals surface area contributed by atoms with E-state index in [1.807, 2.05) is 41.5 Å². The lowest BCUT2D eigenvalue weighted by Gasteiger charge is -2.47. The first kappa shape index (κ1) is 32.6. The fourth-order valence-corrected chi connectivity index (χ4v) is 4.51. The average molecular weight is 523 g/mol. The molecule has 2 fully saturated rings. The molecule has 10 atom stereocenters. The summed E-state index contributed by atoms with van der Waals surface area (Å²) >= 11 is 0. The fraction of sp³-hybridized carbons (Fsp3) is 0.917. The van der Waals surface area contributed by atoms with Gasteiger partial charge < -0.3 is 50.7 Å². The van der Waals surface area contributed by atoms with E-state index in [-0.39, 0.29) is 35.9 Å². The van der Waals surface area contributed by atoms with Gasteiger partial charge in [-0.1, -0.05) is 41.5 Å². The molecule has 0 saturated carbocycles. The van der Waals surface area contributed by atoms with Crippen molar-refractivity contribution in [2.24, 2.45) is 10.8 Å². The van der Waals surface area contributed by atoms with Crippen LogP contribution in [0.3, 0.4) is 0 Å². The van der Waals surface area contributed by atoms with Crippen molar-refractivity contribution in [3.8, 4) is 0 Å². The van der Waals surface area contributed by atoms with Gasteiger partial charge in [-0.05, 0) is 10.8 Å². The van der Waals surface area contributed by atoms with Crippen LogP contribution in [-0.4, -0.2) is 117 Å². The summed E-state index contributed by atoms with van der Waals surface area (Å²) in [6.07, 6.45) is -7.42. The molecule has 0 spiro atoms. The van der Waals surface area contributed by atoms with Crippen molar-refractivity contribution in [3.63, 3.8) is 0 Å². The summed E-state index contributed by atoms with van der Waals surface area (Å²) in [5.74, 6) is -0.599. The molecule has 0 radical (unpaired) electrons. The van der Waals surface area contributed by atoms with E-state index in [9.17, 15) is 30.0 Å². The van der Waals surface area contributed by atoms with E-state index >= 15 is 0 Å². The minimum atomic E-state index is -1.22. The van der Waals surface area contributed by atoms with E-state index in [1.165, 1.54) is 13.8 Å². The van der Waals surface area contributed by atoms with Gasteiger partial charge in [-0.15, -0.1) is 0 Å². The van der Waals surface area contributed by atoms with E-state index in [4.69, 9.17) is 19.7 Å². The van der Waals surface area contributed by atoms with Crippen LogP contribution in [0.25, 0.3) is 0 Å². The van der Waals surface area contributed by atoms with E-state index in [1.54, 1.807) is 0 Å². The third-order valence-corrected chi connectivity index (χ3v) is 6.30. The molecule has 0 aromatic heterocycles. The summed E-state index contributed by atoms with van der Waals surface area (Å²) in [6, 6.07) is -1.39. The summed E-state index contributed by atoms with van der Waals surface area (Å²) in [7, 11) is 0. The lowest BCUT2D eigenvalue weighted by atomic mass is 9.78. The van der Waals surface area contributed by atoms with Crippen LogP contribution in [0.15, 0.2) is 0 Å². The van der Waals surface area contributed by atoms with Crippen LogP contribution in [-0.2, 0) is 19.1 Å². The number of carbonyl (C=O) groups excluding carboxylic acids is 2. The van der Waals surface area contributed by atoms with E-state index in [0.29, 0.717) is 0 Å². The fourth-order valence-electron chi connectivity index (χ4n) is 4.51. The molecule has 2 amide bonds. The molecule has 36 heavy (non-hydrogen) atoms. The number of aliphatic hydroxyl groups excluding tert-OH is 6. The highest BCUT2D eigenvalue weighted by Gasteiger charge is 2.49. The molecule has 0 bridgehead atoms. The van der Waals surface area contributed by atoms with Crippen LogP contribution in [0.4, 0.5) is 0 Å². The Morgan fingerprint density at radius 2 is 0.917 bits per heavy atom. The van der Waals surface area contributed by atoms with Crippen LogP contribution >= 0.6 is 0 Å². The standard InChI is InChI=1S/2C12H23NO5/c2*1-6(15)13-8-10(17)9(16)7(5-14)18-11(8)12(2,3)4/h2*7-11,14,16-17H,5H2,1-4H3,(H,13,15)/t7-,8-,9+,10-,11?;/m1./s1. The van der Waals surface area contributed by atoms with E-state index < -0.39 is 60.9 Å². The summed E-state index contributed by atoms with van der Waals surface area (Å²) in [5, 5.41) is 63.3. The molecular weight excluding hydrogens is 476 g/mol. The molecule has 12 heteroatoms. The highest BCUT2D eigenvalue weighted by atomic mass is 16.5. The predicted octanol–water partition coefficient (Wildman–Crippen LogP) is -1.96. The summed E-state index contributed by atoms with van der Waals surface area (Å²) < 4.78 is 11.2. The Morgan fingerprint density at radius 1 is 0.639 bits per heavy atom. The first-order chi connectivity index (χ1) is 16.4. The minimum Gasteiger partial charge on any atom is -0.394 e. The third-order valence-electron chi connectivity index (χ3n) is 6.30. The first-order valence-electron chi connectivity index (χ1n) is 12.2. The number of hydrogen-bond donors (Lipinski definition) is 8. The second-order valence-electron chi connectivity index (χ2n) is 11.7. The summed E-state index contributed by atoms with van der Waals surface area (Å²) in [6.45, 7) is 13.4. The largest absolute Gasteiger partial charge is 0.394 e. The van der Waals surface area contributed by atoms with Gasteiger partial charge in [0, 0.05) is 13.8 Å². The molecule has 2 aliphatic heterocycles. The van der Waals surface area contributed by atoms with Crippen molar-refractivity contribution in [2.75, 3.05) is 13.2 Å². The van der Waals surface area contributed by atoms with Gasteiger partial charge in [0.1, 0.15) is 36.6 Å². The number of carbonyl (C=O) groups is 2. The molecule has 212 valence electrons. The average Bonchev–Trinajstić information content (AvgIpc) is 2.73. The Hall–Kier alpha value is -1.38. The van der Waals surface area contributed by atoms with Crippen LogP contribution in [0.2, 0.25) is 0 Å². The zero-order valence-electron chi connectivity index (χ0n) is 22.5. The summed E-state index contributed by atoms with van der Waals surface area (Å²) in [5.41, 5.74) is -0.691. The number of ether oxygens (including phenoxy) is 2. The van der Waals surface area contributed by atoms with Crippen LogP contribution in [0, 0.1) is 10.8 Å². The summed E-state index contributed by atoms with van der Waals surface area (Å²) in [4.78, 5) is 22.4. The maximum absolute atomic E-state index is 11.2. The van der Waals surface area contributed by atoms with Gasteiger partial charge in [0.15, 0.2) is 0 Å². The monoisotopic (exact) mass is 522 g/mol. The number of rotatable bonds is 4. The molecule has 2 saturated heterocycles. The Labute approximate surface area is 213 Å². The maximum Gasteiger partial charge on any atom is 0.217 e. The minimum absolute atomic E-state index is 0.299. The predicted molar refractivity (Wildman–Crippen MR) is 130 cm³/mol.